The van der Waals surface area contributed by atoms with Crippen molar-refractivity contribution in [1.82, 2.24) is 9.97 Å². The molecule has 94 valence electrons. The van der Waals surface area contributed by atoms with Crippen LogP contribution in [0.5, 0.6) is 0 Å². The van der Waals surface area contributed by atoms with E-state index in [0.29, 0.717) is 5.69 Å². The van der Waals surface area contributed by atoms with Crippen molar-refractivity contribution in [2.45, 2.75) is 20.0 Å². The molecule has 0 spiro atoms. The van der Waals surface area contributed by atoms with E-state index < -0.39 is 23.3 Å². The Morgan fingerprint density at radius 2 is 1.83 bits per heavy atom. The summed E-state index contributed by atoms with van der Waals surface area (Å²) in [6.07, 6.45) is 1.28. The lowest BCUT2D eigenvalue weighted by Crippen LogP contribution is -2.09. The average Bonchev–Trinajstić information content (AvgIpc) is 2.35. The van der Waals surface area contributed by atoms with E-state index in [4.69, 9.17) is 0 Å². The molecule has 5 heteroatoms. The predicted octanol–water partition coefficient (Wildman–Crippen LogP) is 2.45. The van der Waals surface area contributed by atoms with Crippen molar-refractivity contribution in [3.8, 4) is 0 Å². The molecule has 1 N–H and O–H groups in total. The first-order valence-electron chi connectivity index (χ1n) is 5.42. The monoisotopic (exact) mass is 250 g/mol. The molecule has 0 amide bonds. The van der Waals surface area contributed by atoms with Crippen molar-refractivity contribution in [2.75, 3.05) is 0 Å². The largest absolute Gasteiger partial charge is 0.382 e. The van der Waals surface area contributed by atoms with Gasteiger partial charge in [-0.2, -0.15) is 0 Å². The Balaban J connectivity index is 2.49. The van der Waals surface area contributed by atoms with E-state index in [-0.39, 0.29) is 11.3 Å². The number of nitrogens with zero attached hydrogens (tertiary/aromatic N) is 2. The summed E-state index contributed by atoms with van der Waals surface area (Å²) in [5, 5.41) is 9.99. The molecule has 0 saturated carbocycles. The number of hydrogen-bond acceptors (Lipinski definition) is 3. The molecular formula is C13H12F2N2O. The molecule has 1 heterocycles. The summed E-state index contributed by atoms with van der Waals surface area (Å²) >= 11 is 0. The number of rotatable bonds is 2. The van der Waals surface area contributed by atoms with Gasteiger partial charge in [-0.25, -0.2) is 8.78 Å². The molecule has 0 aliphatic heterocycles. The van der Waals surface area contributed by atoms with Crippen LogP contribution in [0.4, 0.5) is 8.78 Å². The molecule has 1 unspecified atom stereocenters. The lowest BCUT2D eigenvalue weighted by molar-refractivity contribution is 0.203. The fourth-order valence-electron chi connectivity index (χ4n) is 1.62. The Morgan fingerprint density at radius 3 is 2.44 bits per heavy atom. The fourth-order valence-corrected chi connectivity index (χ4v) is 1.62. The topological polar surface area (TPSA) is 46.0 Å². The normalized spacial score (nSPS) is 12.5. The molecule has 1 aromatic carbocycles. The third-order valence-electron chi connectivity index (χ3n) is 2.67. The zero-order valence-electron chi connectivity index (χ0n) is 9.98. The summed E-state index contributed by atoms with van der Waals surface area (Å²) in [6, 6.07) is 2.44. The summed E-state index contributed by atoms with van der Waals surface area (Å²) in [7, 11) is 0. The molecule has 1 aromatic heterocycles. The maximum atomic E-state index is 13.8. The van der Waals surface area contributed by atoms with Gasteiger partial charge in [0.25, 0.3) is 0 Å². The van der Waals surface area contributed by atoms with Gasteiger partial charge in [-0.05, 0) is 25.5 Å². The molecule has 0 aliphatic carbocycles. The molecule has 0 aliphatic rings. The summed E-state index contributed by atoms with van der Waals surface area (Å²) < 4.78 is 27.4. The van der Waals surface area contributed by atoms with Crippen molar-refractivity contribution < 1.29 is 13.9 Å². The van der Waals surface area contributed by atoms with Crippen LogP contribution in [0.3, 0.4) is 0 Å². The van der Waals surface area contributed by atoms with Crippen LogP contribution in [0.25, 0.3) is 0 Å². The minimum atomic E-state index is -1.46. The summed E-state index contributed by atoms with van der Waals surface area (Å²) in [5.41, 5.74) is 0.652. The first-order chi connectivity index (χ1) is 8.50. The van der Waals surface area contributed by atoms with Gasteiger partial charge in [0.15, 0.2) is 0 Å². The number of hydrogen-bond donors (Lipinski definition) is 1. The third-order valence-corrected chi connectivity index (χ3v) is 2.67. The van der Waals surface area contributed by atoms with Gasteiger partial charge in [-0.15, -0.1) is 0 Å². The van der Waals surface area contributed by atoms with Crippen molar-refractivity contribution in [3.05, 3.63) is 58.7 Å². The van der Waals surface area contributed by atoms with Crippen molar-refractivity contribution in [2.24, 2.45) is 0 Å². The first-order valence-corrected chi connectivity index (χ1v) is 5.42. The van der Waals surface area contributed by atoms with E-state index in [1.165, 1.54) is 25.4 Å². The second-order valence-electron chi connectivity index (χ2n) is 4.08. The van der Waals surface area contributed by atoms with E-state index in [0.717, 1.165) is 6.07 Å². The number of aryl methyl sites for hydroxylation is 2. The van der Waals surface area contributed by atoms with E-state index in [1.54, 1.807) is 6.92 Å². The highest BCUT2D eigenvalue weighted by Crippen LogP contribution is 2.26. The number of halogens is 2. The number of aromatic nitrogens is 2. The van der Waals surface area contributed by atoms with Crippen LogP contribution in [0.15, 0.2) is 24.5 Å². The minimum Gasteiger partial charge on any atom is -0.382 e. The molecule has 3 nitrogen and oxygen atoms in total. The second-order valence-corrected chi connectivity index (χ2v) is 4.08. The first kappa shape index (κ1) is 12.6. The Kier molecular flexibility index (Phi) is 3.34. The maximum absolute atomic E-state index is 13.8. The van der Waals surface area contributed by atoms with Crippen LogP contribution in [0.1, 0.15) is 28.6 Å². The smallest absolute Gasteiger partial charge is 0.135 e. The van der Waals surface area contributed by atoms with Crippen LogP contribution in [-0.2, 0) is 0 Å². The molecular weight excluding hydrogens is 238 g/mol. The highest BCUT2D eigenvalue weighted by Gasteiger charge is 2.22. The average molecular weight is 250 g/mol. The van der Waals surface area contributed by atoms with Gasteiger partial charge in [0.2, 0.25) is 0 Å². The van der Waals surface area contributed by atoms with E-state index >= 15 is 0 Å². The lowest BCUT2D eigenvalue weighted by Gasteiger charge is -2.13. The maximum Gasteiger partial charge on any atom is 0.135 e. The van der Waals surface area contributed by atoms with Gasteiger partial charge in [0.1, 0.15) is 17.7 Å². The molecule has 0 bridgehead atoms. The molecule has 2 rings (SSSR count). The molecule has 0 saturated heterocycles. The summed E-state index contributed by atoms with van der Waals surface area (Å²) in [6.45, 7) is 3.24. The third kappa shape index (κ3) is 2.22. The Bertz CT molecular complexity index is 570. The highest BCUT2D eigenvalue weighted by molar-refractivity contribution is 5.32. The Labute approximate surface area is 103 Å². The summed E-state index contributed by atoms with van der Waals surface area (Å²) in [5.74, 6) is -1.56. The fraction of sp³-hybridized carbons (Fsp3) is 0.231. The predicted molar refractivity (Wildman–Crippen MR) is 61.9 cm³/mol. The number of benzene rings is 1. The quantitative estimate of drug-likeness (QED) is 0.890. The van der Waals surface area contributed by atoms with E-state index in [2.05, 4.69) is 9.97 Å². The van der Waals surface area contributed by atoms with Gasteiger partial charge in [-0.1, -0.05) is 6.07 Å². The molecule has 1 atom stereocenters. The minimum absolute atomic E-state index is 0.115. The molecule has 0 fully saturated rings. The van der Waals surface area contributed by atoms with Crippen LogP contribution < -0.4 is 0 Å². The molecule has 0 radical (unpaired) electrons. The lowest BCUT2D eigenvalue weighted by atomic mass is 10.0. The molecule has 18 heavy (non-hydrogen) atoms. The van der Waals surface area contributed by atoms with Crippen LogP contribution >= 0.6 is 0 Å². The summed E-state index contributed by atoms with van der Waals surface area (Å²) in [4.78, 5) is 7.86. The van der Waals surface area contributed by atoms with E-state index in [1.807, 2.05) is 0 Å². The zero-order chi connectivity index (χ0) is 13.3. The van der Waals surface area contributed by atoms with E-state index in [9.17, 15) is 13.9 Å². The van der Waals surface area contributed by atoms with Gasteiger partial charge in [0.05, 0.1) is 23.1 Å². The van der Waals surface area contributed by atoms with Crippen LogP contribution in [0.2, 0.25) is 0 Å². The SMILES string of the molecule is Cc1cnc(C(O)c2c(F)ccc(C)c2F)cn1. The zero-order valence-corrected chi connectivity index (χ0v) is 9.98. The van der Waals surface area contributed by atoms with Gasteiger partial charge < -0.3 is 5.11 Å². The Hall–Kier alpha value is -1.88. The number of aliphatic hydroxyl groups is 1. The van der Waals surface area contributed by atoms with Crippen molar-refractivity contribution in [1.29, 1.82) is 0 Å². The number of aliphatic hydroxyl groups excluding tert-OH is 1. The van der Waals surface area contributed by atoms with Crippen molar-refractivity contribution in [3.63, 3.8) is 0 Å². The van der Waals surface area contributed by atoms with Crippen LogP contribution in [0, 0.1) is 25.5 Å². The molecule has 2 aromatic rings. The highest BCUT2D eigenvalue weighted by atomic mass is 19.1. The standard InChI is InChI=1S/C13H12F2N2O/c1-7-3-4-9(14)11(12(7)15)13(18)10-6-16-8(2)5-17-10/h3-6,13,18H,1-2H3. The van der Waals surface area contributed by atoms with Gasteiger partial charge in [0, 0.05) is 6.20 Å². The Morgan fingerprint density at radius 1 is 1.11 bits per heavy atom. The van der Waals surface area contributed by atoms with Crippen molar-refractivity contribution >= 4 is 0 Å². The van der Waals surface area contributed by atoms with Crippen LogP contribution in [-0.4, -0.2) is 15.1 Å². The van der Waals surface area contributed by atoms with Gasteiger partial charge >= 0.3 is 0 Å². The van der Waals surface area contributed by atoms with Gasteiger partial charge in [-0.3, -0.25) is 9.97 Å². The second kappa shape index (κ2) is 4.78.